The van der Waals surface area contributed by atoms with Gasteiger partial charge in [-0.15, -0.1) is 0 Å². The molecular weight excluding hydrogens is 485 g/mol. The van der Waals surface area contributed by atoms with E-state index in [1.54, 1.807) is 6.92 Å². The number of aromatic nitrogens is 2. The summed E-state index contributed by atoms with van der Waals surface area (Å²) in [7, 11) is -3.19. The number of amides is 1. The molecule has 0 bridgehead atoms. The molecule has 4 rings (SSSR count). The first-order valence-electron chi connectivity index (χ1n) is 11.6. The van der Waals surface area contributed by atoms with E-state index in [9.17, 15) is 26.4 Å². The van der Waals surface area contributed by atoms with Crippen LogP contribution in [0.1, 0.15) is 38.2 Å². The second kappa shape index (κ2) is 10.2. The van der Waals surface area contributed by atoms with Crippen LogP contribution in [-0.4, -0.2) is 72.7 Å². The van der Waals surface area contributed by atoms with Gasteiger partial charge in [-0.2, -0.15) is 13.2 Å². The van der Waals surface area contributed by atoms with Crippen LogP contribution in [0.4, 0.5) is 19.0 Å². The number of carbonyl (C=O) groups is 1. The number of carbonyl (C=O) groups excluding carboxylic acids is 1. The van der Waals surface area contributed by atoms with E-state index in [4.69, 9.17) is 0 Å². The number of fused-ring (bicyclic) bond motifs is 1. The number of anilines is 1. The van der Waals surface area contributed by atoms with Crippen molar-refractivity contribution < 1.29 is 26.4 Å². The number of hydrogen-bond acceptors (Lipinski definition) is 7. The van der Waals surface area contributed by atoms with Crippen LogP contribution in [-0.2, 0) is 21.0 Å². The van der Waals surface area contributed by atoms with Crippen LogP contribution in [0.15, 0.2) is 24.5 Å². The monoisotopic (exact) mass is 514 g/mol. The summed E-state index contributed by atoms with van der Waals surface area (Å²) in [6, 6.07) is 3.58. The number of benzene rings is 1. The van der Waals surface area contributed by atoms with E-state index in [1.165, 1.54) is 12.4 Å². The molecule has 2 heterocycles. The van der Waals surface area contributed by atoms with Gasteiger partial charge in [0.15, 0.2) is 0 Å². The largest absolute Gasteiger partial charge is 0.416 e. The Morgan fingerprint density at radius 2 is 1.83 bits per heavy atom. The number of nitrogens with one attached hydrogen (secondary N) is 3. The predicted molar refractivity (Wildman–Crippen MR) is 125 cm³/mol. The molecular formula is C22H29F3N6O3S. The standard InChI is InChI=1S/C22H29F3N6O3S/c1-2-35(33,34)30-15-4-6-17(7-5-15)31-11-16(12-31)29-20(32)10-26-21-18-9-14(22(23,24)25)3-8-19(18)27-13-28-21/h3,8-9,13,15-17,30H,2,4-7,10-12H2,1H3,(H,29,32)(H,26,27,28). The summed E-state index contributed by atoms with van der Waals surface area (Å²) in [6.07, 6.45) is 0.146. The van der Waals surface area contributed by atoms with E-state index in [-0.39, 0.29) is 41.5 Å². The van der Waals surface area contributed by atoms with Gasteiger partial charge in [-0.25, -0.2) is 23.1 Å². The highest BCUT2D eigenvalue weighted by Gasteiger charge is 2.36. The Hall–Kier alpha value is -2.51. The van der Waals surface area contributed by atoms with E-state index >= 15 is 0 Å². The van der Waals surface area contributed by atoms with Crippen LogP contribution in [0, 0.1) is 0 Å². The molecule has 1 aliphatic carbocycles. The first-order valence-corrected chi connectivity index (χ1v) is 13.3. The minimum atomic E-state index is -4.49. The van der Waals surface area contributed by atoms with Gasteiger partial charge in [-0.3, -0.25) is 9.69 Å². The first kappa shape index (κ1) is 25.6. The van der Waals surface area contributed by atoms with E-state index < -0.39 is 21.8 Å². The van der Waals surface area contributed by atoms with Crippen LogP contribution in [0.3, 0.4) is 0 Å². The van der Waals surface area contributed by atoms with E-state index in [1.807, 2.05) is 0 Å². The number of halogens is 3. The number of hydrogen-bond donors (Lipinski definition) is 3. The molecule has 1 aromatic heterocycles. The fourth-order valence-electron chi connectivity index (χ4n) is 4.61. The smallest absolute Gasteiger partial charge is 0.360 e. The van der Waals surface area contributed by atoms with Gasteiger partial charge in [-0.05, 0) is 50.8 Å². The molecule has 1 aromatic carbocycles. The Morgan fingerprint density at radius 1 is 1.11 bits per heavy atom. The van der Waals surface area contributed by atoms with Gasteiger partial charge in [0.2, 0.25) is 15.9 Å². The molecule has 192 valence electrons. The second-order valence-corrected chi connectivity index (χ2v) is 11.1. The normalized spacial score (nSPS) is 22.1. The maximum Gasteiger partial charge on any atom is 0.416 e. The van der Waals surface area contributed by atoms with Crippen molar-refractivity contribution in [3.63, 3.8) is 0 Å². The zero-order valence-electron chi connectivity index (χ0n) is 19.3. The van der Waals surface area contributed by atoms with Crippen LogP contribution in [0.25, 0.3) is 10.9 Å². The summed E-state index contributed by atoms with van der Waals surface area (Å²) in [5.41, 5.74) is -0.457. The van der Waals surface area contributed by atoms with Crippen LogP contribution in [0.2, 0.25) is 0 Å². The Bertz CT molecular complexity index is 1160. The Balaban J connectivity index is 1.22. The minimum absolute atomic E-state index is 0.000377. The van der Waals surface area contributed by atoms with Crippen molar-refractivity contribution in [1.82, 2.24) is 24.9 Å². The average Bonchev–Trinajstić information content (AvgIpc) is 2.79. The lowest BCUT2D eigenvalue weighted by Crippen LogP contribution is -2.63. The molecule has 35 heavy (non-hydrogen) atoms. The Labute approximate surface area is 201 Å². The van der Waals surface area contributed by atoms with Gasteiger partial charge in [0.25, 0.3) is 0 Å². The van der Waals surface area contributed by atoms with Crippen LogP contribution in [0.5, 0.6) is 0 Å². The molecule has 2 aliphatic rings. The second-order valence-electron chi connectivity index (χ2n) is 9.05. The summed E-state index contributed by atoms with van der Waals surface area (Å²) in [6.45, 7) is 2.93. The zero-order valence-corrected chi connectivity index (χ0v) is 20.1. The fourth-order valence-corrected chi connectivity index (χ4v) is 5.52. The van der Waals surface area contributed by atoms with Crippen molar-refractivity contribution in [3.8, 4) is 0 Å². The lowest BCUT2D eigenvalue weighted by Gasteiger charge is -2.46. The molecule has 3 N–H and O–H groups in total. The summed E-state index contributed by atoms with van der Waals surface area (Å²) < 4.78 is 65.4. The van der Waals surface area contributed by atoms with Gasteiger partial charge in [0, 0.05) is 30.6 Å². The van der Waals surface area contributed by atoms with Crippen molar-refractivity contribution in [2.45, 2.75) is 56.9 Å². The van der Waals surface area contributed by atoms with E-state index in [2.05, 4.69) is 30.2 Å². The summed E-state index contributed by atoms with van der Waals surface area (Å²) >= 11 is 0. The van der Waals surface area contributed by atoms with Gasteiger partial charge >= 0.3 is 6.18 Å². The maximum atomic E-state index is 13.1. The van der Waals surface area contributed by atoms with Gasteiger partial charge < -0.3 is 10.6 Å². The molecule has 0 atom stereocenters. The molecule has 2 aromatic rings. The molecule has 1 saturated carbocycles. The van der Waals surface area contributed by atoms with Crippen molar-refractivity contribution in [1.29, 1.82) is 0 Å². The lowest BCUT2D eigenvalue weighted by molar-refractivity contribution is -0.137. The quantitative estimate of drug-likeness (QED) is 0.494. The molecule has 1 aliphatic heterocycles. The topological polar surface area (TPSA) is 116 Å². The highest BCUT2D eigenvalue weighted by atomic mass is 32.2. The Kier molecular flexibility index (Phi) is 7.48. The van der Waals surface area contributed by atoms with Gasteiger partial charge in [0.1, 0.15) is 12.1 Å². The van der Waals surface area contributed by atoms with Crippen molar-refractivity contribution in [3.05, 3.63) is 30.1 Å². The third kappa shape index (κ3) is 6.39. The molecule has 13 heteroatoms. The highest BCUT2D eigenvalue weighted by Crippen LogP contribution is 2.32. The van der Waals surface area contributed by atoms with Crippen LogP contribution < -0.4 is 15.4 Å². The van der Waals surface area contributed by atoms with Gasteiger partial charge in [-0.1, -0.05) is 0 Å². The van der Waals surface area contributed by atoms with Crippen molar-refractivity contribution >= 4 is 32.7 Å². The molecule has 9 nitrogen and oxygen atoms in total. The van der Waals surface area contributed by atoms with E-state index in [0.29, 0.717) is 24.6 Å². The summed E-state index contributed by atoms with van der Waals surface area (Å²) in [5.74, 6) is -0.0230. The first-order chi connectivity index (χ1) is 16.5. The molecule has 1 amide bonds. The van der Waals surface area contributed by atoms with Crippen molar-refractivity contribution in [2.75, 3.05) is 30.7 Å². The minimum Gasteiger partial charge on any atom is -0.360 e. The number of rotatable bonds is 8. The number of nitrogens with zero attached hydrogens (tertiary/aromatic N) is 3. The molecule has 2 fully saturated rings. The molecule has 0 radical (unpaired) electrons. The zero-order chi connectivity index (χ0) is 25.2. The maximum absolute atomic E-state index is 13.1. The molecule has 1 saturated heterocycles. The predicted octanol–water partition coefficient (Wildman–Crippen LogP) is 2.11. The Morgan fingerprint density at radius 3 is 2.49 bits per heavy atom. The number of alkyl halides is 3. The third-order valence-corrected chi connectivity index (χ3v) is 8.05. The molecule has 0 spiro atoms. The molecule has 0 unspecified atom stereocenters. The average molecular weight is 515 g/mol. The number of likely N-dealkylation sites (tertiary alicyclic amines) is 1. The van der Waals surface area contributed by atoms with Crippen LogP contribution >= 0.6 is 0 Å². The number of sulfonamides is 1. The lowest BCUT2D eigenvalue weighted by atomic mass is 9.88. The highest BCUT2D eigenvalue weighted by molar-refractivity contribution is 7.89. The third-order valence-electron chi connectivity index (χ3n) is 6.59. The fraction of sp³-hybridized carbons (Fsp3) is 0.591. The van der Waals surface area contributed by atoms with Gasteiger partial charge in [0.05, 0.1) is 29.4 Å². The van der Waals surface area contributed by atoms with Crippen molar-refractivity contribution in [2.24, 2.45) is 0 Å². The van der Waals surface area contributed by atoms with E-state index in [0.717, 1.165) is 37.8 Å². The SMILES string of the molecule is CCS(=O)(=O)NC1CCC(N2CC(NC(=O)CNc3ncnc4ccc(C(F)(F)F)cc34)C2)CC1. The summed E-state index contributed by atoms with van der Waals surface area (Å²) in [5, 5.41) is 5.95. The summed E-state index contributed by atoms with van der Waals surface area (Å²) in [4.78, 5) is 22.7.